The van der Waals surface area contributed by atoms with Gasteiger partial charge in [0.25, 0.3) is 0 Å². The fourth-order valence-corrected chi connectivity index (χ4v) is 1.47. The SMILES string of the molecule is O/N=C(/c1ccc2c(c1)OCCO2)C(F)(F)F. The molecule has 2 rings (SSSR count). The summed E-state index contributed by atoms with van der Waals surface area (Å²) in [6.45, 7) is 0.626. The number of benzene rings is 1. The molecule has 1 aliphatic rings. The molecule has 1 heterocycles. The van der Waals surface area contributed by atoms with Gasteiger partial charge in [-0.25, -0.2) is 0 Å². The van der Waals surface area contributed by atoms with Gasteiger partial charge < -0.3 is 14.7 Å². The third-order valence-corrected chi connectivity index (χ3v) is 2.18. The first-order valence-corrected chi connectivity index (χ1v) is 4.71. The summed E-state index contributed by atoms with van der Waals surface area (Å²) in [4.78, 5) is 0. The number of oxime groups is 1. The molecule has 1 aromatic carbocycles. The predicted octanol–water partition coefficient (Wildman–Crippen LogP) is 2.20. The Bertz CT molecular complexity index is 457. The predicted molar refractivity (Wildman–Crippen MR) is 51.8 cm³/mol. The molecule has 1 N–H and O–H groups in total. The van der Waals surface area contributed by atoms with Gasteiger partial charge in [0.15, 0.2) is 17.2 Å². The van der Waals surface area contributed by atoms with Gasteiger partial charge in [-0.15, -0.1) is 0 Å². The number of nitrogens with zero attached hydrogens (tertiary/aromatic N) is 1. The van der Waals surface area contributed by atoms with Crippen molar-refractivity contribution in [3.8, 4) is 11.5 Å². The van der Waals surface area contributed by atoms with Crippen LogP contribution in [0.25, 0.3) is 0 Å². The summed E-state index contributed by atoms with van der Waals surface area (Å²) < 4.78 is 47.7. The highest BCUT2D eigenvalue weighted by Gasteiger charge is 2.38. The van der Waals surface area contributed by atoms with Crippen LogP contribution in [0.2, 0.25) is 0 Å². The molecule has 17 heavy (non-hydrogen) atoms. The van der Waals surface area contributed by atoms with Crippen LogP contribution in [0, 0.1) is 0 Å². The van der Waals surface area contributed by atoms with Crippen molar-refractivity contribution in [2.24, 2.45) is 5.16 Å². The minimum atomic E-state index is -4.72. The Labute approximate surface area is 94.3 Å². The van der Waals surface area contributed by atoms with Gasteiger partial charge in [-0.2, -0.15) is 13.2 Å². The van der Waals surface area contributed by atoms with Crippen LogP contribution >= 0.6 is 0 Å². The average molecular weight is 247 g/mol. The number of ether oxygens (including phenoxy) is 2. The molecule has 4 nitrogen and oxygen atoms in total. The van der Waals surface area contributed by atoms with E-state index < -0.39 is 11.9 Å². The Hall–Kier alpha value is -1.92. The highest BCUT2D eigenvalue weighted by atomic mass is 19.4. The zero-order chi connectivity index (χ0) is 12.5. The smallest absolute Gasteiger partial charge is 0.437 e. The lowest BCUT2D eigenvalue weighted by Crippen LogP contribution is -2.24. The van der Waals surface area contributed by atoms with Crippen LogP contribution in [0.15, 0.2) is 23.4 Å². The topological polar surface area (TPSA) is 51.1 Å². The van der Waals surface area contributed by atoms with E-state index >= 15 is 0 Å². The minimum Gasteiger partial charge on any atom is -0.486 e. The van der Waals surface area contributed by atoms with Gasteiger partial charge in [-0.3, -0.25) is 0 Å². The molecule has 1 aliphatic heterocycles. The van der Waals surface area contributed by atoms with Gasteiger partial charge in [0.1, 0.15) is 13.2 Å². The second-order valence-electron chi connectivity index (χ2n) is 3.30. The molecule has 0 bridgehead atoms. The van der Waals surface area contributed by atoms with Crippen molar-refractivity contribution < 1.29 is 27.9 Å². The van der Waals surface area contributed by atoms with Crippen LogP contribution in [0.1, 0.15) is 5.56 Å². The molecule has 0 aliphatic carbocycles. The third-order valence-electron chi connectivity index (χ3n) is 2.18. The molecule has 0 aromatic heterocycles. The molecule has 1 aromatic rings. The van der Waals surface area contributed by atoms with E-state index in [1.807, 2.05) is 0 Å². The standard InChI is InChI=1S/C10H8F3NO3/c11-10(12,13)9(14-15)6-1-2-7-8(5-6)17-4-3-16-7/h1-2,5,15H,3-4H2/b14-9-. The van der Waals surface area contributed by atoms with Gasteiger partial charge in [-0.05, 0) is 18.2 Å². The number of rotatable bonds is 1. The molecule has 0 fully saturated rings. The summed E-state index contributed by atoms with van der Waals surface area (Å²) >= 11 is 0. The summed E-state index contributed by atoms with van der Waals surface area (Å²) in [5.74, 6) is 0.582. The molecule has 0 amide bonds. The van der Waals surface area contributed by atoms with Gasteiger partial charge in [0.2, 0.25) is 0 Å². The zero-order valence-corrected chi connectivity index (χ0v) is 8.49. The van der Waals surface area contributed by atoms with E-state index in [1.54, 1.807) is 0 Å². The van der Waals surface area contributed by atoms with Crippen molar-refractivity contribution >= 4 is 5.71 Å². The number of halogens is 3. The number of alkyl halides is 3. The number of fused-ring (bicyclic) bond motifs is 1. The molecule has 0 saturated carbocycles. The minimum absolute atomic E-state index is 0.208. The molecule has 7 heteroatoms. The van der Waals surface area contributed by atoms with Crippen molar-refractivity contribution in [1.29, 1.82) is 0 Å². The highest BCUT2D eigenvalue weighted by Crippen LogP contribution is 2.33. The van der Waals surface area contributed by atoms with Crippen molar-refractivity contribution in [3.05, 3.63) is 23.8 Å². The Balaban J connectivity index is 2.40. The van der Waals surface area contributed by atoms with E-state index in [0.29, 0.717) is 12.4 Å². The van der Waals surface area contributed by atoms with E-state index in [4.69, 9.17) is 14.7 Å². The maximum absolute atomic E-state index is 12.5. The van der Waals surface area contributed by atoms with Crippen LogP contribution in [0.4, 0.5) is 13.2 Å². The summed E-state index contributed by atoms with van der Waals surface area (Å²) in [6.07, 6.45) is -4.72. The van der Waals surface area contributed by atoms with Crippen LogP contribution in [0.3, 0.4) is 0 Å². The molecule has 0 saturated heterocycles. The van der Waals surface area contributed by atoms with E-state index in [2.05, 4.69) is 5.16 Å². The Morgan fingerprint density at radius 3 is 2.41 bits per heavy atom. The Kier molecular flexibility index (Phi) is 2.83. The van der Waals surface area contributed by atoms with E-state index in [0.717, 1.165) is 12.1 Å². The lowest BCUT2D eigenvalue weighted by Gasteiger charge is -2.19. The van der Waals surface area contributed by atoms with Gasteiger partial charge in [0, 0.05) is 5.56 Å². The van der Waals surface area contributed by atoms with Gasteiger partial charge in [-0.1, -0.05) is 5.16 Å². The largest absolute Gasteiger partial charge is 0.486 e. The first kappa shape index (κ1) is 11.6. The fourth-order valence-electron chi connectivity index (χ4n) is 1.47. The summed E-state index contributed by atoms with van der Waals surface area (Å²) in [5, 5.41) is 10.7. The molecule has 0 spiro atoms. The van der Waals surface area contributed by atoms with E-state index in [1.165, 1.54) is 6.07 Å². The first-order valence-electron chi connectivity index (χ1n) is 4.71. The maximum Gasteiger partial charge on any atom is 0.437 e. The normalized spacial score (nSPS) is 15.8. The van der Waals surface area contributed by atoms with Crippen LogP contribution < -0.4 is 9.47 Å². The zero-order valence-electron chi connectivity index (χ0n) is 8.49. The van der Waals surface area contributed by atoms with Crippen molar-refractivity contribution in [1.82, 2.24) is 0 Å². The fraction of sp³-hybridized carbons (Fsp3) is 0.300. The second-order valence-corrected chi connectivity index (χ2v) is 3.30. The van der Waals surface area contributed by atoms with Crippen LogP contribution in [-0.4, -0.2) is 30.3 Å². The molecule has 0 atom stereocenters. The summed E-state index contributed by atoms with van der Waals surface area (Å²) in [6, 6.07) is 3.65. The quantitative estimate of drug-likeness (QED) is 0.470. The molecule has 0 unspecified atom stereocenters. The Morgan fingerprint density at radius 2 is 1.82 bits per heavy atom. The second kappa shape index (κ2) is 4.15. The highest BCUT2D eigenvalue weighted by molar-refractivity contribution is 6.04. The van der Waals surface area contributed by atoms with E-state index in [-0.39, 0.29) is 17.9 Å². The molecular formula is C10H8F3NO3. The third kappa shape index (κ3) is 2.27. The summed E-state index contributed by atoms with van der Waals surface area (Å²) in [7, 11) is 0. The number of hydrogen-bond acceptors (Lipinski definition) is 4. The van der Waals surface area contributed by atoms with E-state index in [9.17, 15) is 13.2 Å². The average Bonchev–Trinajstić information content (AvgIpc) is 2.28. The van der Waals surface area contributed by atoms with Gasteiger partial charge in [0.05, 0.1) is 0 Å². The van der Waals surface area contributed by atoms with Crippen LogP contribution in [-0.2, 0) is 0 Å². The van der Waals surface area contributed by atoms with Gasteiger partial charge >= 0.3 is 6.18 Å². The maximum atomic E-state index is 12.5. The van der Waals surface area contributed by atoms with Crippen molar-refractivity contribution in [3.63, 3.8) is 0 Å². The first-order chi connectivity index (χ1) is 8.02. The van der Waals surface area contributed by atoms with Crippen molar-refractivity contribution in [2.45, 2.75) is 6.18 Å². The van der Waals surface area contributed by atoms with Crippen molar-refractivity contribution in [2.75, 3.05) is 13.2 Å². The van der Waals surface area contributed by atoms with Crippen LogP contribution in [0.5, 0.6) is 11.5 Å². The monoisotopic (exact) mass is 247 g/mol. The summed E-state index contributed by atoms with van der Waals surface area (Å²) in [5.41, 5.74) is -1.64. The number of hydrogen-bond donors (Lipinski definition) is 1. The Morgan fingerprint density at radius 1 is 1.18 bits per heavy atom. The molecular weight excluding hydrogens is 239 g/mol. The molecule has 92 valence electrons. The lowest BCUT2D eigenvalue weighted by atomic mass is 10.1. The molecule has 0 radical (unpaired) electrons. The lowest BCUT2D eigenvalue weighted by molar-refractivity contribution is -0.0601.